The Hall–Kier alpha value is -0.160. The Balaban J connectivity index is 1.68. The Morgan fingerprint density at radius 1 is 1.00 bits per heavy atom. The third-order valence-electron chi connectivity index (χ3n) is 5.06. The van der Waals surface area contributed by atoms with Crippen LogP contribution in [0.15, 0.2) is 0 Å². The average molecular weight is 312 g/mol. The van der Waals surface area contributed by atoms with Gasteiger partial charge >= 0.3 is 0 Å². The molecule has 0 aromatic rings. The molecule has 2 rings (SSSR count). The number of hydrogen-bond acceptors (Lipinski definition) is 4. The van der Waals surface area contributed by atoms with E-state index in [-0.39, 0.29) is 0 Å². The second kappa shape index (κ2) is 9.21. The van der Waals surface area contributed by atoms with Gasteiger partial charge in [-0.15, -0.1) is 0 Å². The van der Waals surface area contributed by atoms with Crippen LogP contribution in [0.3, 0.4) is 0 Å². The standard InChI is InChI=1S/C18H36N2O2/c1-14(2)17-12-16(13-18(22-17)15(3)4)19-6-5-7-20-8-10-21-11-9-20/h14-19H,5-13H2,1-4H3. The molecule has 0 bridgehead atoms. The molecule has 4 heteroatoms. The summed E-state index contributed by atoms with van der Waals surface area (Å²) in [6.07, 6.45) is 4.39. The fourth-order valence-electron chi connectivity index (χ4n) is 3.45. The number of nitrogens with one attached hydrogen (secondary N) is 1. The first kappa shape index (κ1) is 18.2. The molecule has 1 N–H and O–H groups in total. The summed E-state index contributed by atoms with van der Waals surface area (Å²) in [4.78, 5) is 2.52. The van der Waals surface area contributed by atoms with E-state index in [2.05, 4.69) is 37.9 Å². The van der Waals surface area contributed by atoms with E-state index in [4.69, 9.17) is 9.47 Å². The quantitative estimate of drug-likeness (QED) is 0.733. The van der Waals surface area contributed by atoms with Crippen molar-refractivity contribution < 1.29 is 9.47 Å². The zero-order chi connectivity index (χ0) is 15.9. The zero-order valence-corrected chi connectivity index (χ0v) is 15.0. The predicted octanol–water partition coefficient (Wildman–Crippen LogP) is 2.53. The molecule has 2 saturated heterocycles. The second-order valence-corrected chi connectivity index (χ2v) is 7.63. The van der Waals surface area contributed by atoms with Crippen LogP contribution in [0.5, 0.6) is 0 Å². The Kier molecular flexibility index (Phi) is 7.61. The highest BCUT2D eigenvalue weighted by Gasteiger charge is 2.32. The summed E-state index contributed by atoms with van der Waals surface area (Å²) in [7, 11) is 0. The van der Waals surface area contributed by atoms with Gasteiger partial charge in [-0.05, 0) is 44.2 Å². The molecule has 2 aliphatic heterocycles. The van der Waals surface area contributed by atoms with E-state index in [9.17, 15) is 0 Å². The number of ether oxygens (including phenoxy) is 2. The minimum atomic E-state index is 0.415. The Morgan fingerprint density at radius 2 is 1.59 bits per heavy atom. The van der Waals surface area contributed by atoms with Gasteiger partial charge in [-0.3, -0.25) is 4.90 Å². The van der Waals surface area contributed by atoms with Crippen LogP contribution < -0.4 is 5.32 Å². The maximum Gasteiger partial charge on any atom is 0.0616 e. The van der Waals surface area contributed by atoms with Crippen molar-refractivity contribution >= 4 is 0 Å². The van der Waals surface area contributed by atoms with Crippen molar-refractivity contribution in [1.82, 2.24) is 10.2 Å². The number of rotatable bonds is 7. The third-order valence-corrected chi connectivity index (χ3v) is 5.06. The van der Waals surface area contributed by atoms with Gasteiger partial charge in [0.2, 0.25) is 0 Å². The van der Waals surface area contributed by atoms with E-state index in [0.29, 0.717) is 30.1 Å². The number of hydrogen-bond donors (Lipinski definition) is 1. The molecule has 130 valence electrons. The zero-order valence-electron chi connectivity index (χ0n) is 15.0. The average Bonchev–Trinajstić information content (AvgIpc) is 2.52. The molecule has 2 unspecified atom stereocenters. The summed E-state index contributed by atoms with van der Waals surface area (Å²) in [5, 5.41) is 3.79. The summed E-state index contributed by atoms with van der Waals surface area (Å²) < 4.78 is 11.7. The second-order valence-electron chi connectivity index (χ2n) is 7.63. The normalized spacial score (nSPS) is 31.1. The molecule has 0 saturated carbocycles. The first-order valence-electron chi connectivity index (χ1n) is 9.25. The summed E-state index contributed by atoms with van der Waals surface area (Å²) >= 11 is 0. The highest BCUT2D eigenvalue weighted by molar-refractivity contribution is 4.85. The smallest absolute Gasteiger partial charge is 0.0616 e. The highest BCUT2D eigenvalue weighted by atomic mass is 16.5. The molecule has 2 aliphatic rings. The molecule has 0 amide bonds. The molecule has 0 aromatic heterocycles. The minimum Gasteiger partial charge on any atom is -0.379 e. The predicted molar refractivity (Wildman–Crippen MR) is 91.2 cm³/mol. The molecule has 0 spiro atoms. The van der Waals surface area contributed by atoms with E-state index in [1.165, 1.54) is 25.8 Å². The Bertz CT molecular complexity index is 287. The highest BCUT2D eigenvalue weighted by Crippen LogP contribution is 2.28. The lowest BCUT2D eigenvalue weighted by molar-refractivity contribution is -0.0993. The minimum absolute atomic E-state index is 0.415. The van der Waals surface area contributed by atoms with Crippen molar-refractivity contribution in [1.29, 1.82) is 0 Å². The van der Waals surface area contributed by atoms with Gasteiger partial charge in [0.25, 0.3) is 0 Å². The van der Waals surface area contributed by atoms with E-state index in [1.807, 2.05) is 0 Å². The summed E-state index contributed by atoms with van der Waals surface area (Å²) in [5.74, 6) is 1.22. The van der Waals surface area contributed by atoms with Crippen LogP contribution in [0.4, 0.5) is 0 Å². The molecule has 2 fully saturated rings. The van der Waals surface area contributed by atoms with Crippen molar-refractivity contribution in [2.75, 3.05) is 39.4 Å². The molecule has 0 aromatic carbocycles. The fraction of sp³-hybridized carbons (Fsp3) is 1.00. The van der Waals surface area contributed by atoms with E-state index >= 15 is 0 Å². The van der Waals surface area contributed by atoms with Crippen molar-refractivity contribution in [2.24, 2.45) is 11.8 Å². The van der Waals surface area contributed by atoms with Crippen LogP contribution in [-0.4, -0.2) is 62.5 Å². The maximum absolute atomic E-state index is 6.28. The van der Waals surface area contributed by atoms with Crippen LogP contribution in [0.1, 0.15) is 47.0 Å². The van der Waals surface area contributed by atoms with Gasteiger partial charge < -0.3 is 14.8 Å². The molecule has 0 radical (unpaired) electrons. The van der Waals surface area contributed by atoms with Crippen LogP contribution in [-0.2, 0) is 9.47 Å². The van der Waals surface area contributed by atoms with Crippen LogP contribution in [0.25, 0.3) is 0 Å². The van der Waals surface area contributed by atoms with Gasteiger partial charge in [-0.2, -0.15) is 0 Å². The van der Waals surface area contributed by atoms with Crippen LogP contribution >= 0.6 is 0 Å². The van der Waals surface area contributed by atoms with Crippen molar-refractivity contribution in [3.63, 3.8) is 0 Å². The molecule has 4 nitrogen and oxygen atoms in total. The SMILES string of the molecule is CC(C)C1CC(NCCCN2CCOCC2)CC(C(C)C)O1. The summed E-state index contributed by atoms with van der Waals surface area (Å²) in [6.45, 7) is 15.4. The molecular formula is C18H36N2O2. The van der Waals surface area contributed by atoms with Gasteiger partial charge in [0, 0.05) is 19.1 Å². The number of nitrogens with zero attached hydrogens (tertiary/aromatic N) is 1. The fourth-order valence-corrected chi connectivity index (χ4v) is 3.45. The van der Waals surface area contributed by atoms with E-state index in [1.54, 1.807) is 0 Å². The van der Waals surface area contributed by atoms with E-state index in [0.717, 1.165) is 32.8 Å². The van der Waals surface area contributed by atoms with Crippen molar-refractivity contribution in [3.05, 3.63) is 0 Å². The summed E-state index contributed by atoms with van der Waals surface area (Å²) in [6, 6.07) is 0.623. The monoisotopic (exact) mass is 312 g/mol. The maximum atomic E-state index is 6.28. The first-order valence-corrected chi connectivity index (χ1v) is 9.25. The van der Waals surface area contributed by atoms with Crippen molar-refractivity contribution in [3.8, 4) is 0 Å². The lowest BCUT2D eigenvalue weighted by Crippen LogP contribution is -2.47. The molecule has 0 aliphatic carbocycles. The molecule has 2 heterocycles. The molecular weight excluding hydrogens is 276 g/mol. The Labute approximate surface area is 136 Å². The molecule has 22 heavy (non-hydrogen) atoms. The molecule has 2 atom stereocenters. The lowest BCUT2D eigenvalue weighted by atomic mass is 9.88. The largest absolute Gasteiger partial charge is 0.379 e. The lowest BCUT2D eigenvalue weighted by Gasteiger charge is -2.39. The van der Waals surface area contributed by atoms with Crippen LogP contribution in [0.2, 0.25) is 0 Å². The first-order chi connectivity index (χ1) is 10.6. The topological polar surface area (TPSA) is 33.7 Å². The summed E-state index contributed by atoms with van der Waals surface area (Å²) in [5.41, 5.74) is 0. The van der Waals surface area contributed by atoms with Gasteiger partial charge in [0.15, 0.2) is 0 Å². The third kappa shape index (κ3) is 5.80. The van der Waals surface area contributed by atoms with Crippen LogP contribution in [0, 0.1) is 11.8 Å². The van der Waals surface area contributed by atoms with Gasteiger partial charge in [0.1, 0.15) is 0 Å². The number of morpholine rings is 1. The van der Waals surface area contributed by atoms with Gasteiger partial charge in [0.05, 0.1) is 25.4 Å². The van der Waals surface area contributed by atoms with Crippen molar-refractivity contribution in [2.45, 2.75) is 65.2 Å². The Morgan fingerprint density at radius 3 is 2.14 bits per heavy atom. The van der Waals surface area contributed by atoms with Gasteiger partial charge in [-0.25, -0.2) is 0 Å². The van der Waals surface area contributed by atoms with E-state index < -0.39 is 0 Å². The van der Waals surface area contributed by atoms with Gasteiger partial charge in [-0.1, -0.05) is 27.7 Å².